The minimum absolute atomic E-state index is 0.00706. The summed E-state index contributed by atoms with van der Waals surface area (Å²) >= 11 is 0. The molecule has 0 heterocycles. The summed E-state index contributed by atoms with van der Waals surface area (Å²) in [4.78, 5) is 11.8. The fraction of sp³-hybridized carbons (Fsp3) is 0.389. The number of hydrogen-bond acceptors (Lipinski definition) is 2. The Hall–Kier alpha value is -1.87. The maximum atomic E-state index is 11.8. The Morgan fingerprint density at radius 2 is 1.81 bits per heavy atom. The van der Waals surface area contributed by atoms with Gasteiger partial charge in [-0.3, -0.25) is 4.79 Å². The van der Waals surface area contributed by atoms with Gasteiger partial charge in [0.2, 0.25) is 5.91 Å². The molecule has 112 valence electrons. The lowest BCUT2D eigenvalue weighted by molar-refractivity contribution is -0.128. The summed E-state index contributed by atoms with van der Waals surface area (Å²) < 4.78 is 0. The van der Waals surface area contributed by atoms with Gasteiger partial charge in [-0.2, -0.15) is 0 Å². The highest BCUT2D eigenvalue weighted by Gasteiger charge is 2.21. The number of aliphatic hydroxyl groups excluding tert-OH is 1. The molecule has 1 atom stereocenters. The van der Waals surface area contributed by atoms with Crippen molar-refractivity contribution in [2.45, 2.75) is 33.3 Å². The van der Waals surface area contributed by atoms with Crippen LogP contribution in [-0.2, 0) is 4.79 Å². The molecule has 0 aliphatic heterocycles. The number of amides is 1. The van der Waals surface area contributed by atoms with Crippen molar-refractivity contribution in [2.24, 2.45) is 5.41 Å². The number of nitrogens with one attached hydrogen (secondary N) is 1. The van der Waals surface area contributed by atoms with Crippen molar-refractivity contribution in [3.05, 3.63) is 48.0 Å². The van der Waals surface area contributed by atoms with Crippen LogP contribution < -0.4 is 5.32 Å². The van der Waals surface area contributed by atoms with Gasteiger partial charge < -0.3 is 10.4 Å². The third kappa shape index (κ3) is 3.82. The van der Waals surface area contributed by atoms with Crippen LogP contribution in [0.4, 0.5) is 0 Å². The van der Waals surface area contributed by atoms with E-state index < -0.39 is 11.5 Å². The Morgan fingerprint density at radius 3 is 2.52 bits per heavy atom. The van der Waals surface area contributed by atoms with E-state index in [1.54, 1.807) is 0 Å². The average molecular weight is 285 g/mol. The van der Waals surface area contributed by atoms with Gasteiger partial charge in [0.05, 0.1) is 6.10 Å². The summed E-state index contributed by atoms with van der Waals surface area (Å²) in [6.45, 7) is 6.11. The first-order valence-electron chi connectivity index (χ1n) is 7.33. The molecular weight excluding hydrogens is 262 g/mol. The van der Waals surface area contributed by atoms with Crippen LogP contribution >= 0.6 is 0 Å². The second-order valence-corrected chi connectivity index (χ2v) is 6.38. The standard InChI is InChI=1S/C18H23NO2/c1-18(2,3)17(21)19-12-11-16(20)15-10-6-8-13-7-4-5-9-14(13)15/h4-10,16,20H,11-12H2,1-3H3,(H,19,21). The van der Waals surface area contributed by atoms with Crippen LogP contribution in [0.1, 0.15) is 38.9 Å². The largest absolute Gasteiger partial charge is 0.388 e. The number of fused-ring (bicyclic) bond motifs is 1. The summed E-state index contributed by atoms with van der Waals surface area (Å²) in [5.74, 6) is 0.00706. The van der Waals surface area contributed by atoms with Crippen molar-refractivity contribution in [1.82, 2.24) is 5.32 Å². The molecule has 0 saturated carbocycles. The molecule has 0 aliphatic carbocycles. The Bertz CT molecular complexity index is 623. The third-order valence-electron chi connectivity index (χ3n) is 3.57. The fourth-order valence-electron chi connectivity index (χ4n) is 2.28. The second-order valence-electron chi connectivity index (χ2n) is 6.38. The molecule has 2 aromatic carbocycles. The fourth-order valence-corrected chi connectivity index (χ4v) is 2.28. The lowest BCUT2D eigenvalue weighted by atomic mass is 9.95. The molecule has 2 rings (SSSR count). The zero-order chi connectivity index (χ0) is 15.5. The third-order valence-corrected chi connectivity index (χ3v) is 3.57. The lowest BCUT2D eigenvalue weighted by Gasteiger charge is -2.19. The van der Waals surface area contributed by atoms with E-state index in [4.69, 9.17) is 0 Å². The van der Waals surface area contributed by atoms with Gasteiger partial charge in [-0.1, -0.05) is 63.2 Å². The van der Waals surface area contributed by atoms with Gasteiger partial charge >= 0.3 is 0 Å². The van der Waals surface area contributed by atoms with Crippen molar-refractivity contribution in [3.63, 3.8) is 0 Å². The molecule has 1 unspecified atom stereocenters. The molecule has 3 nitrogen and oxygen atoms in total. The van der Waals surface area contributed by atoms with Gasteiger partial charge in [0, 0.05) is 12.0 Å². The Balaban J connectivity index is 2.03. The predicted octanol–water partition coefficient (Wildman–Crippen LogP) is 3.43. The molecule has 0 aliphatic rings. The van der Waals surface area contributed by atoms with Gasteiger partial charge in [0.15, 0.2) is 0 Å². The van der Waals surface area contributed by atoms with Crippen LogP contribution in [0.25, 0.3) is 10.8 Å². The zero-order valence-corrected chi connectivity index (χ0v) is 12.9. The highest BCUT2D eigenvalue weighted by atomic mass is 16.3. The van der Waals surface area contributed by atoms with E-state index in [-0.39, 0.29) is 5.91 Å². The second kappa shape index (κ2) is 6.27. The molecule has 0 fully saturated rings. The summed E-state index contributed by atoms with van der Waals surface area (Å²) in [5.41, 5.74) is 0.516. The zero-order valence-electron chi connectivity index (χ0n) is 12.9. The van der Waals surface area contributed by atoms with Gasteiger partial charge in [-0.25, -0.2) is 0 Å². The first-order valence-corrected chi connectivity index (χ1v) is 7.33. The monoisotopic (exact) mass is 285 g/mol. The van der Waals surface area contributed by atoms with Crippen molar-refractivity contribution >= 4 is 16.7 Å². The van der Waals surface area contributed by atoms with E-state index in [9.17, 15) is 9.90 Å². The molecule has 2 N–H and O–H groups in total. The molecule has 0 radical (unpaired) electrons. The molecule has 1 amide bonds. The Labute approximate surface area is 126 Å². The van der Waals surface area contributed by atoms with E-state index >= 15 is 0 Å². The van der Waals surface area contributed by atoms with Crippen molar-refractivity contribution < 1.29 is 9.90 Å². The first-order chi connectivity index (χ1) is 9.89. The van der Waals surface area contributed by atoms with Crippen LogP contribution in [0, 0.1) is 5.41 Å². The maximum Gasteiger partial charge on any atom is 0.225 e. The van der Waals surface area contributed by atoms with Crippen LogP contribution in [0.5, 0.6) is 0 Å². The molecule has 0 saturated heterocycles. The topological polar surface area (TPSA) is 49.3 Å². The molecule has 2 aromatic rings. The first kappa shape index (κ1) is 15.5. The number of carbonyl (C=O) groups excluding carboxylic acids is 1. The van der Waals surface area contributed by atoms with Crippen LogP contribution in [-0.4, -0.2) is 17.6 Å². The summed E-state index contributed by atoms with van der Waals surface area (Å²) in [6, 6.07) is 13.9. The average Bonchev–Trinajstić information content (AvgIpc) is 2.45. The summed E-state index contributed by atoms with van der Waals surface area (Å²) in [6.07, 6.45) is -0.0631. The number of rotatable bonds is 4. The van der Waals surface area contributed by atoms with Gasteiger partial charge in [-0.05, 0) is 22.8 Å². The van der Waals surface area contributed by atoms with Gasteiger partial charge in [-0.15, -0.1) is 0 Å². The maximum absolute atomic E-state index is 11.8. The highest BCUT2D eigenvalue weighted by molar-refractivity contribution is 5.86. The Kier molecular flexibility index (Phi) is 4.63. The molecule has 21 heavy (non-hydrogen) atoms. The summed E-state index contributed by atoms with van der Waals surface area (Å²) in [7, 11) is 0. The van der Waals surface area contributed by atoms with Crippen LogP contribution in [0.3, 0.4) is 0 Å². The van der Waals surface area contributed by atoms with E-state index in [2.05, 4.69) is 5.32 Å². The van der Waals surface area contributed by atoms with Crippen molar-refractivity contribution in [3.8, 4) is 0 Å². The number of aliphatic hydroxyl groups is 1. The smallest absolute Gasteiger partial charge is 0.225 e. The lowest BCUT2D eigenvalue weighted by Crippen LogP contribution is -2.35. The van der Waals surface area contributed by atoms with Gasteiger partial charge in [0.1, 0.15) is 0 Å². The van der Waals surface area contributed by atoms with E-state index in [0.29, 0.717) is 13.0 Å². The van der Waals surface area contributed by atoms with Crippen LogP contribution in [0.15, 0.2) is 42.5 Å². The van der Waals surface area contributed by atoms with E-state index in [1.165, 1.54) is 0 Å². The van der Waals surface area contributed by atoms with Gasteiger partial charge in [0.25, 0.3) is 0 Å². The van der Waals surface area contributed by atoms with Crippen LogP contribution in [0.2, 0.25) is 0 Å². The van der Waals surface area contributed by atoms with E-state index in [0.717, 1.165) is 16.3 Å². The quantitative estimate of drug-likeness (QED) is 0.904. The summed E-state index contributed by atoms with van der Waals surface area (Å²) in [5, 5.41) is 15.4. The minimum atomic E-state index is -0.573. The molecule has 0 aromatic heterocycles. The van der Waals surface area contributed by atoms with Crippen molar-refractivity contribution in [1.29, 1.82) is 0 Å². The Morgan fingerprint density at radius 1 is 1.14 bits per heavy atom. The molecule has 3 heteroatoms. The number of benzene rings is 2. The molecule has 0 spiro atoms. The predicted molar refractivity (Wildman–Crippen MR) is 86.0 cm³/mol. The molecule has 0 bridgehead atoms. The SMILES string of the molecule is CC(C)(C)C(=O)NCCC(O)c1cccc2ccccc12. The molecular formula is C18H23NO2. The van der Waals surface area contributed by atoms with Crippen molar-refractivity contribution in [2.75, 3.05) is 6.54 Å². The van der Waals surface area contributed by atoms with E-state index in [1.807, 2.05) is 63.2 Å². The normalized spacial score (nSPS) is 13.1. The highest BCUT2D eigenvalue weighted by Crippen LogP contribution is 2.26. The number of hydrogen-bond donors (Lipinski definition) is 2. The minimum Gasteiger partial charge on any atom is -0.388 e. The number of carbonyl (C=O) groups is 1.